The van der Waals surface area contributed by atoms with Gasteiger partial charge in [0.05, 0.1) is 7.11 Å². The minimum Gasteiger partial charge on any atom is -0.496 e. The summed E-state index contributed by atoms with van der Waals surface area (Å²) in [6.45, 7) is 2.02. The zero-order valence-corrected chi connectivity index (χ0v) is 13.6. The normalized spacial score (nSPS) is 10.7. The molecule has 0 fully saturated rings. The van der Waals surface area contributed by atoms with Gasteiger partial charge in [-0.25, -0.2) is 4.39 Å². The lowest BCUT2D eigenvalue weighted by atomic mass is 10.0. The van der Waals surface area contributed by atoms with Crippen LogP contribution in [0.15, 0.2) is 52.1 Å². The van der Waals surface area contributed by atoms with Gasteiger partial charge in [0.2, 0.25) is 5.89 Å². The van der Waals surface area contributed by atoms with Crippen LogP contribution in [-0.4, -0.2) is 23.1 Å². The minimum atomic E-state index is -0.314. The van der Waals surface area contributed by atoms with Crippen LogP contribution < -0.4 is 4.74 Å². The highest BCUT2D eigenvalue weighted by Crippen LogP contribution is 2.33. The second kappa shape index (κ2) is 6.83. The van der Waals surface area contributed by atoms with Crippen molar-refractivity contribution >= 4 is 11.8 Å². The van der Waals surface area contributed by atoms with Gasteiger partial charge in [0, 0.05) is 11.1 Å². The van der Waals surface area contributed by atoms with Crippen molar-refractivity contribution in [3.05, 3.63) is 48.3 Å². The average Bonchev–Trinajstić information content (AvgIpc) is 3.04. The Balaban J connectivity index is 2.01. The summed E-state index contributed by atoms with van der Waals surface area (Å²) in [6.07, 6.45) is 0. The molecule has 4 nitrogen and oxygen atoms in total. The van der Waals surface area contributed by atoms with Gasteiger partial charge in [-0.2, -0.15) is 0 Å². The maximum atomic E-state index is 13.6. The molecule has 0 N–H and O–H groups in total. The van der Waals surface area contributed by atoms with Crippen LogP contribution in [0.2, 0.25) is 0 Å². The van der Waals surface area contributed by atoms with Gasteiger partial charge in [0.1, 0.15) is 11.6 Å². The quantitative estimate of drug-likeness (QED) is 0.637. The van der Waals surface area contributed by atoms with Gasteiger partial charge in [-0.3, -0.25) is 0 Å². The highest BCUT2D eigenvalue weighted by Gasteiger charge is 2.12. The molecule has 3 rings (SSSR count). The zero-order chi connectivity index (χ0) is 16.2. The van der Waals surface area contributed by atoms with E-state index in [4.69, 9.17) is 9.15 Å². The van der Waals surface area contributed by atoms with E-state index >= 15 is 0 Å². The molecule has 0 radical (unpaired) electrons. The summed E-state index contributed by atoms with van der Waals surface area (Å²) in [4.78, 5) is 0. The second-order valence-corrected chi connectivity index (χ2v) is 5.95. The number of methoxy groups -OCH3 is 1. The maximum Gasteiger partial charge on any atom is 0.276 e. The van der Waals surface area contributed by atoms with Crippen LogP contribution in [-0.2, 0) is 0 Å². The first kappa shape index (κ1) is 15.6. The molecule has 2 aromatic carbocycles. The minimum absolute atomic E-state index is 0.314. The van der Waals surface area contributed by atoms with Crippen LogP contribution in [0.25, 0.3) is 22.6 Å². The van der Waals surface area contributed by atoms with E-state index in [2.05, 4.69) is 10.2 Å². The first-order chi connectivity index (χ1) is 11.2. The highest BCUT2D eigenvalue weighted by molar-refractivity contribution is 7.99. The number of aromatic nitrogens is 2. The molecule has 23 heavy (non-hydrogen) atoms. The standard InChI is InChI=1S/C17H15FN2O2S/c1-3-23-17-20-19-16(22-17)12-6-4-5-11(9-12)14-10-13(18)7-8-15(14)21-2/h4-10H,3H2,1-2H3. The summed E-state index contributed by atoms with van der Waals surface area (Å²) in [5.41, 5.74) is 2.28. The van der Waals surface area contributed by atoms with Gasteiger partial charge in [0.25, 0.3) is 5.22 Å². The van der Waals surface area contributed by atoms with Crippen molar-refractivity contribution in [2.45, 2.75) is 12.1 Å². The van der Waals surface area contributed by atoms with Gasteiger partial charge >= 0.3 is 0 Å². The third-order valence-electron chi connectivity index (χ3n) is 3.26. The molecule has 0 atom stereocenters. The number of thioether (sulfide) groups is 1. The van der Waals surface area contributed by atoms with Gasteiger partial charge in [-0.1, -0.05) is 30.8 Å². The van der Waals surface area contributed by atoms with Crippen molar-refractivity contribution in [1.29, 1.82) is 0 Å². The van der Waals surface area contributed by atoms with Crippen LogP contribution in [0.5, 0.6) is 5.75 Å². The van der Waals surface area contributed by atoms with Crippen LogP contribution in [0.1, 0.15) is 6.92 Å². The predicted octanol–water partition coefficient (Wildman–Crippen LogP) is 4.66. The highest BCUT2D eigenvalue weighted by atomic mass is 32.2. The molecule has 0 unspecified atom stereocenters. The molecule has 0 saturated carbocycles. The molecule has 1 heterocycles. The number of benzene rings is 2. The number of rotatable bonds is 5. The Bertz CT molecular complexity index is 820. The topological polar surface area (TPSA) is 48.2 Å². The molecule has 0 bridgehead atoms. The first-order valence-corrected chi connectivity index (χ1v) is 8.10. The van der Waals surface area contributed by atoms with Crippen LogP contribution in [0.3, 0.4) is 0 Å². The van der Waals surface area contributed by atoms with E-state index in [1.54, 1.807) is 13.2 Å². The van der Waals surface area contributed by atoms with E-state index < -0.39 is 0 Å². The van der Waals surface area contributed by atoms with E-state index in [1.807, 2.05) is 31.2 Å². The molecule has 118 valence electrons. The molecule has 0 aliphatic heterocycles. The average molecular weight is 330 g/mol. The summed E-state index contributed by atoms with van der Waals surface area (Å²) >= 11 is 1.49. The van der Waals surface area contributed by atoms with Gasteiger partial charge < -0.3 is 9.15 Å². The Morgan fingerprint density at radius 2 is 1.96 bits per heavy atom. The van der Waals surface area contributed by atoms with E-state index in [0.717, 1.165) is 16.9 Å². The van der Waals surface area contributed by atoms with Crippen LogP contribution in [0.4, 0.5) is 4.39 Å². The maximum absolute atomic E-state index is 13.6. The summed E-state index contributed by atoms with van der Waals surface area (Å²) in [5, 5.41) is 8.59. The summed E-state index contributed by atoms with van der Waals surface area (Å²) in [6, 6.07) is 11.9. The molecule has 6 heteroatoms. The molecule has 3 aromatic rings. The smallest absolute Gasteiger partial charge is 0.276 e. The van der Waals surface area contributed by atoms with Crippen molar-refractivity contribution in [2.75, 3.05) is 12.9 Å². The van der Waals surface area contributed by atoms with Crippen LogP contribution >= 0.6 is 11.8 Å². The number of ether oxygens (including phenoxy) is 1. The molecule has 1 aromatic heterocycles. The Hall–Kier alpha value is -2.34. The van der Waals surface area contributed by atoms with E-state index in [0.29, 0.717) is 22.4 Å². The van der Waals surface area contributed by atoms with Crippen molar-refractivity contribution in [2.24, 2.45) is 0 Å². The van der Waals surface area contributed by atoms with Crippen molar-refractivity contribution in [3.63, 3.8) is 0 Å². The SMILES string of the molecule is CCSc1nnc(-c2cccc(-c3cc(F)ccc3OC)c2)o1. The first-order valence-electron chi connectivity index (χ1n) is 7.12. The summed E-state index contributed by atoms with van der Waals surface area (Å²) in [5.74, 6) is 1.60. The molecular weight excluding hydrogens is 315 g/mol. The molecule has 0 aliphatic rings. The van der Waals surface area contributed by atoms with E-state index in [-0.39, 0.29) is 5.82 Å². The molecule has 0 aliphatic carbocycles. The molecule has 0 saturated heterocycles. The molecule has 0 amide bonds. The van der Waals surface area contributed by atoms with Crippen molar-refractivity contribution in [3.8, 4) is 28.3 Å². The van der Waals surface area contributed by atoms with Crippen molar-refractivity contribution < 1.29 is 13.5 Å². The lowest BCUT2D eigenvalue weighted by Gasteiger charge is -2.09. The largest absolute Gasteiger partial charge is 0.496 e. The Morgan fingerprint density at radius 3 is 2.74 bits per heavy atom. The number of nitrogens with zero attached hydrogens (tertiary/aromatic N) is 2. The van der Waals surface area contributed by atoms with Gasteiger partial charge in [-0.15, -0.1) is 10.2 Å². The van der Waals surface area contributed by atoms with Crippen LogP contribution in [0, 0.1) is 5.82 Å². The monoisotopic (exact) mass is 330 g/mol. The van der Waals surface area contributed by atoms with Gasteiger partial charge in [0.15, 0.2) is 0 Å². The third-order valence-corrected chi connectivity index (χ3v) is 3.96. The lowest BCUT2D eigenvalue weighted by molar-refractivity contribution is 0.415. The second-order valence-electron chi connectivity index (χ2n) is 4.73. The Morgan fingerprint density at radius 1 is 1.13 bits per heavy atom. The number of hydrogen-bond donors (Lipinski definition) is 0. The number of halogens is 1. The fraction of sp³-hybridized carbons (Fsp3) is 0.176. The molecule has 0 spiro atoms. The fourth-order valence-corrected chi connectivity index (χ4v) is 2.72. The Labute approximate surface area is 137 Å². The summed E-state index contributed by atoms with van der Waals surface area (Å²) < 4.78 is 24.5. The Kier molecular flexibility index (Phi) is 4.62. The van der Waals surface area contributed by atoms with Crippen molar-refractivity contribution in [1.82, 2.24) is 10.2 Å². The van der Waals surface area contributed by atoms with E-state index in [9.17, 15) is 4.39 Å². The summed E-state index contributed by atoms with van der Waals surface area (Å²) in [7, 11) is 1.56. The lowest BCUT2D eigenvalue weighted by Crippen LogP contribution is -1.90. The number of hydrogen-bond acceptors (Lipinski definition) is 5. The molecular formula is C17H15FN2O2S. The zero-order valence-electron chi connectivity index (χ0n) is 12.7. The fourth-order valence-electron chi connectivity index (χ4n) is 2.23. The third kappa shape index (κ3) is 3.37. The van der Waals surface area contributed by atoms with E-state index in [1.165, 1.54) is 23.9 Å². The predicted molar refractivity (Wildman–Crippen MR) is 88.1 cm³/mol. The van der Waals surface area contributed by atoms with Gasteiger partial charge in [-0.05, 0) is 41.6 Å².